The van der Waals surface area contributed by atoms with Crippen molar-refractivity contribution in [1.29, 1.82) is 0 Å². The summed E-state index contributed by atoms with van der Waals surface area (Å²) in [5.74, 6) is -0.547. The van der Waals surface area contributed by atoms with Crippen LogP contribution in [0.15, 0.2) is 59.5 Å². The summed E-state index contributed by atoms with van der Waals surface area (Å²) in [5, 5.41) is 3.08. The van der Waals surface area contributed by atoms with Crippen molar-refractivity contribution in [2.75, 3.05) is 26.7 Å². The summed E-state index contributed by atoms with van der Waals surface area (Å²) >= 11 is 0. The van der Waals surface area contributed by atoms with Gasteiger partial charge in [0.15, 0.2) is 0 Å². The van der Waals surface area contributed by atoms with Crippen molar-refractivity contribution < 1.29 is 17.6 Å². The molecule has 6 nitrogen and oxygen atoms in total. The second-order valence-electron chi connectivity index (χ2n) is 8.02. The number of sulfonamides is 1. The number of nitrogens with one attached hydrogen (secondary N) is 1. The van der Waals surface area contributed by atoms with Gasteiger partial charge in [-0.05, 0) is 49.6 Å². The highest BCUT2D eigenvalue weighted by Crippen LogP contribution is 2.24. The average molecular weight is 448 g/mol. The molecule has 1 fully saturated rings. The predicted octanol–water partition coefficient (Wildman–Crippen LogP) is 3.18. The predicted molar refractivity (Wildman–Crippen MR) is 118 cm³/mol. The number of benzene rings is 2. The van der Waals surface area contributed by atoms with Crippen LogP contribution in [0.1, 0.15) is 37.8 Å². The number of nitrogens with zero attached hydrogens (tertiary/aromatic N) is 2. The maximum atomic E-state index is 13.0. The summed E-state index contributed by atoms with van der Waals surface area (Å²) < 4.78 is 39.3. The van der Waals surface area contributed by atoms with Gasteiger partial charge in [0.2, 0.25) is 15.9 Å². The summed E-state index contributed by atoms with van der Waals surface area (Å²) in [6.45, 7) is 4.13. The summed E-state index contributed by atoms with van der Waals surface area (Å²) in [6.07, 6.45) is 1.58. The molecule has 0 aliphatic carbocycles. The van der Waals surface area contributed by atoms with Crippen LogP contribution in [-0.2, 0) is 14.8 Å². The van der Waals surface area contributed by atoms with E-state index in [1.165, 1.54) is 29.0 Å². The van der Waals surface area contributed by atoms with Crippen molar-refractivity contribution in [2.24, 2.45) is 0 Å². The Hall–Kier alpha value is -2.29. The van der Waals surface area contributed by atoms with Crippen LogP contribution in [0.3, 0.4) is 0 Å². The monoisotopic (exact) mass is 447 g/mol. The van der Waals surface area contributed by atoms with Crippen LogP contribution in [0.25, 0.3) is 0 Å². The summed E-state index contributed by atoms with van der Waals surface area (Å²) in [4.78, 5) is 14.8. The van der Waals surface area contributed by atoms with Gasteiger partial charge in [0.25, 0.3) is 0 Å². The highest BCUT2D eigenvalue weighted by molar-refractivity contribution is 7.89. The Labute approximate surface area is 184 Å². The van der Waals surface area contributed by atoms with E-state index < -0.39 is 15.8 Å². The molecule has 2 unspecified atom stereocenters. The third-order valence-corrected chi connectivity index (χ3v) is 7.68. The molecule has 0 spiro atoms. The molecule has 2 aromatic rings. The van der Waals surface area contributed by atoms with Crippen molar-refractivity contribution in [2.45, 2.75) is 43.2 Å². The molecule has 31 heavy (non-hydrogen) atoms. The van der Waals surface area contributed by atoms with Crippen LogP contribution in [0, 0.1) is 5.82 Å². The van der Waals surface area contributed by atoms with Crippen molar-refractivity contribution in [3.05, 3.63) is 66.0 Å². The molecular formula is C23H30FN3O3S. The number of hydrogen-bond donors (Lipinski definition) is 1. The van der Waals surface area contributed by atoms with Crippen LogP contribution in [0.2, 0.25) is 0 Å². The van der Waals surface area contributed by atoms with Gasteiger partial charge in [0.1, 0.15) is 5.82 Å². The number of halogens is 1. The Kier molecular flexibility index (Phi) is 7.80. The molecule has 0 aromatic heterocycles. The molecule has 0 radical (unpaired) electrons. The van der Waals surface area contributed by atoms with Crippen LogP contribution in [0.5, 0.6) is 0 Å². The van der Waals surface area contributed by atoms with E-state index in [4.69, 9.17) is 0 Å². The van der Waals surface area contributed by atoms with E-state index in [1.807, 2.05) is 18.2 Å². The number of carbonyl (C=O) groups excluding carboxylic acids is 1. The molecule has 0 bridgehead atoms. The lowest BCUT2D eigenvalue weighted by Crippen LogP contribution is -2.38. The third-order valence-electron chi connectivity index (χ3n) is 5.81. The van der Waals surface area contributed by atoms with E-state index in [0.717, 1.165) is 31.6 Å². The first-order valence-electron chi connectivity index (χ1n) is 10.6. The number of hydrogen-bond acceptors (Lipinski definition) is 4. The lowest BCUT2D eigenvalue weighted by molar-refractivity contribution is -0.121. The quantitative estimate of drug-likeness (QED) is 0.641. The molecule has 1 heterocycles. The smallest absolute Gasteiger partial charge is 0.242 e. The second kappa shape index (κ2) is 10.3. The average Bonchev–Trinajstić information content (AvgIpc) is 3.22. The second-order valence-corrected chi connectivity index (χ2v) is 10.1. The SMILES string of the molecule is CC(c1ccccc1)N1CCC(NC(=O)CCCN(C)S(=O)(=O)c2ccc(F)cc2)C1. The highest BCUT2D eigenvalue weighted by atomic mass is 32.2. The van der Waals surface area contributed by atoms with Crippen molar-refractivity contribution in [3.63, 3.8) is 0 Å². The molecule has 1 saturated heterocycles. The third kappa shape index (κ3) is 6.12. The van der Waals surface area contributed by atoms with Gasteiger partial charge < -0.3 is 5.32 Å². The zero-order valence-corrected chi connectivity index (χ0v) is 18.8. The number of carbonyl (C=O) groups is 1. The van der Waals surface area contributed by atoms with Crippen molar-refractivity contribution >= 4 is 15.9 Å². The van der Waals surface area contributed by atoms with Gasteiger partial charge in [-0.2, -0.15) is 0 Å². The molecule has 3 rings (SSSR count). The molecular weight excluding hydrogens is 417 g/mol. The van der Waals surface area contributed by atoms with E-state index in [9.17, 15) is 17.6 Å². The van der Waals surface area contributed by atoms with Gasteiger partial charge in [0, 0.05) is 45.2 Å². The molecule has 1 N–H and O–H groups in total. The first-order valence-corrected chi connectivity index (χ1v) is 12.0. The summed E-state index contributed by atoms with van der Waals surface area (Å²) in [6, 6.07) is 15.5. The molecule has 0 saturated carbocycles. The Morgan fingerprint density at radius 3 is 2.55 bits per heavy atom. The molecule has 2 aromatic carbocycles. The molecule has 1 amide bonds. The Morgan fingerprint density at radius 2 is 1.87 bits per heavy atom. The van der Waals surface area contributed by atoms with Gasteiger partial charge in [-0.1, -0.05) is 30.3 Å². The van der Waals surface area contributed by atoms with Gasteiger partial charge >= 0.3 is 0 Å². The lowest BCUT2D eigenvalue weighted by Gasteiger charge is -2.24. The minimum Gasteiger partial charge on any atom is -0.352 e. The summed E-state index contributed by atoms with van der Waals surface area (Å²) in [5.41, 5.74) is 1.26. The number of rotatable bonds is 9. The fraction of sp³-hybridized carbons (Fsp3) is 0.435. The minimum atomic E-state index is -3.69. The Bertz CT molecular complexity index is 967. The lowest BCUT2D eigenvalue weighted by atomic mass is 10.1. The van der Waals surface area contributed by atoms with Crippen LogP contribution in [-0.4, -0.2) is 56.3 Å². The molecule has 1 aliphatic rings. The first-order chi connectivity index (χ1) is 14.8. The van der Waals surface area contributed by atoms with Gasteiger partial charge in [-0.25, -0.2) is 17.1 Å². The molecule has 8 heteroatoms. The molecule has 1 aliphatic heterocycles. The van der Waals surface area contributed by atoms with E-state index in [-0.39, 0.29) is 29.8 Å². The van der Waals surface area contributed by atoms with E-state index in [0.29, 0.717) is 12.5 Å². The fourth-order valence-corrected chi connectivity index (χ4v) is 5.08. The maximum absolute atomic E-state index is 13.0. The summed E-state index contributed by atoms with van der Waals surface area (Å²) in [7, 11) is -2.22. The van der Waals surface area contributed by atoms with E-state index >= 15 is 0 Å². The zero-order valence-electron chi connectivity index (χ0n) is 18.0. The van der Waals surface area contributed by atoms with Crippen LogP contribution in [0.4, 0.5) is 4.39 Å². The van der Waals surface area contributed by atoms with Gasteiger partial charge in [0.05, 0.1) is 4.90 Å². The largest absolute Gasteiger partial charge is 0.352 e. The number of amides is 1. The minimum absolute atomic E-state index is 0.0411. The van der Waals surface area contributed by atoms with E-state index in [2.05, 4.69) is 29.3 Å². The van der Waals surface area contributed by atoms with Gasteiger partial charge in [-0.3, -0.25) is 9.69 Å². The highest BCUT2D eigenvalue weighted by Gasteiger charge is 2.27. The van der Waals surface area contributed by atoms with Gasteiger partial charge in [-0.15, -0.1) is 0 Å². The van der Waals surface area contributed by atoms with Crippen molar-refractivity contribution in [1.82, 2.24) is 14.5 Å². The zero-order chi connectivity index (χ0) is 22.4. The fourth-order valence-electron chi connectivity index (χ4n) is 3.87. The molecule has 2 atom stereocenters. The van der Waals surface area contributed by atoms with Crippen molar-refractivity contribution in [3.8, 4) is 0 Å². The maximum Gasteiger partial charge on any atom is 0.242 e. The first kappa shape index (κ1) is 23.4. The van der Waals surface area contributed by atoms with Crippen LogP contribution < -0.4 is 5.32 Å². The molecule has 168 valence electrons. The standard InChI is InChI=1S/C23H30FN3O3S/c1-18(19-7-4-3-5-8-19)27-16-14-21(17-27)25-23(28)9-6-15-26(2)31(29,30)22-12-10-20(24)11-13-22/h3-5,7-8,10-13,18,21H,6,9,14-17H2,1-2H3,(H,25,28). The Balaban J connectivity index is 1.42. The number of likely N-dealkylation sites (tertiary alicyclic amines) is 1. The normalized spacial score (nSPS) is 18.3. The van der Waals surface area contributed by atoms with Crippen LogP contribution >= 0.6 is 0 Å². The topological polar surface area (TPSA) is 69.7 Å². The van der Waals surface area contributed by atoms with E-state index in [1.54, 1.807) is 0 Å². The Morgan fingerprint density at radius 1 is 1.19 bits per heavy atom.